The summed E-state index contributed by atoms with van der Waals surface area (Å²) < 4.78 is 0. The van der Waals surface area contributed by atoms with Gasteiger partial charge in [-0.3, -0.25) is 62.6 Å². The van der Waals surface area contributed by atoms with Gasteiger partial charge in [-0.1, -0.05) is 98.2 Å². The second-order valence-corrected chi connectivity index (χ2v) is 25.9. The number of phenols is 1. The lowest BCUT2D eigenvalue weighted by Crippen LogP contribution is -2.66. The molecule has 2 heterocycles. The quantitative estimate of drug-likeness (QED) is 0.0257. The van der Waals surface area contributed by atoms with Crippen LogP contribution < -0.4 is 54.8 Å². The van der Waals surface area contributed by atoms with Crippen LogP contribution in [0.25, 0.3) is 10.8 Å². The first-order chi connectivity index (χ1) is 47.2. The molecule has 99 heavy (non-hydrogen) atoms. The molecule has 6 rings (SSSR count). The van der Waals surface area contributed by atoms with Crippen LogP contribution in [0.3, 0.4) is 0 Å². The molecule has 27 nitrogen and oxygen atoms in total. The summed E-state index contributed by atoms with van der Waals surface area (Å²) in [5, 5.41) is 38.6. The summed E-state index contributed by atoms with van der Waals surface area (Å²) in [6.07, 6.45) is 2.93. The zero-order chi connectivity index (χ0) is 72.7. The van der Waals surface area contributed by atoms with Crippen molar-refractivity contribution in [2.24, 2.45) is 28.9 Å². The van der Waals surface area contributed by atoms with E-state index < -0.39 is 132 Å². The number of hydrogen-bond acceptors (Lipinski definition) is 19. The summed E-state index contributed by atoms with van der Waals surface area (Å²) >= 11 is 6.16. The number of likely N-dealkylation sites (tertiary alicyclic amines) is 1. The molecule has 1 aliphatic heterocycles. The van der Waals surface area contributed by atoms with Crippen LogP contribution >= 0.6 is 11.6 Å². The lowest BCUT2D eigenvalue weighted by molar-refractivity contribution is -0.167. The van der Waals surface area contributed by atoms with Gasteiger partial charge in [-0.05, 0) is 174 Å². The van der Waals surface area contributed by atoms with Crippen LogP contribution in [0, 0.1) is 5.92 Å². The van der Waals surface area contributed by atoms with E-state index in [-0.39, 0.29) is 93.0 Å². The van der Waals surface area contributed by atoms with Crippen molar-refractivity contribution in [1.82, 2.24) is 51.6 Å². The number of carbonyl (C=O) groups is 11. The number of benzene rings is 4. The van der Waals surface area contributed by atoms with Crippen LogP contribution in [0.1, 0.15) is 115 Å². The zero-order valence-corrected chi connectivity index (χ0v) is 57.7. The molecule has 0 radical (unpaired) electrons. The number of aromatic nitrogens is 1. The second-order valence-electron chi connectivity index (χ2n) is 25.5. The minimum atomic E-state index is -2.28. The summed E-state index contributed by atoms with van der Waals surface area (Å²) in [4.78, 5) is 170. The molecule has 10 atom stereocenters. The number of aromatic hydroxyl groups is 1. The van der Waals surface area contributed by atoms with E-state index in [9.17, 15) is 34.2 Å². The van der Waals surface area contributed by atoms with Gasteiger partial charge in [0.2, 0.25) is 35.4 Å². The van der Waals surface area contributed by atoms with E-state index in [4.69, 9.17) is 34.5 Å². The molecule has 1 aliphatic rings. The van der Waals surface area contributed by atoms with Gasteiger partial charge in [0.25, 0.3) is 29.5 Å². The summed E-state index contributed by atoms with van der Waals surface area (Å²) in [5.41, 5.74) is 24.0. The van der Waals surface area contributed by atoms with Crippen LogP contribution in [0.15, 0.2) is 115 Å². The number of imide groups is 4. The number of halogens is 1. The number of fused-ring (bicyclic) bond motifs is 1. The highest BCUT2D eigenvalue weighted by Crippen LogP contribution is 2.34. The van der Waals surface area contributed by atoms with Gasteiger partial charge < -0.3 is 69.9 Å². The molecule has 1 fully saturated rings. The number of nitrogens with two attached hydrogens (primary N) is 4. The number of nitrogens with zero attached hydrogens (tertiary/aromatic N) is 4. The fourth-order valence-electron chi connectivity index (χ4n) is 12.0. The molecular formula is C71H95ClN14O13. The molecular weight excluding hydrogens is 1290 g/mol. The fraction of sp³-hybridized carbons (Fsp3) is 0.465. The maximum Gasteiger partial charge on any atom is 0.261 e. The van der Waals surface area contributed by atoms with Crippen molar-refractivity contribution in [3.05, 3.63) is 143 Å². The predicted molar refractivity (Wildman–Crippen MR) is 372 cm³/mol. The Labute approximate surface area is 581 Å². The van der Waals surface area contributed by atoms with Crippen LogP contribution in [0.5, 0.6) is 5.75 Å². The van der Waals surface area contributed by atoms with Gasteiger partial charge in [-0.15, -0.1) is 0 Å². The standard InChI is InChI=1S/C71H95ClN14O13/c1-42(2)37-58(81-62(91)55(22-9-12-33-73)79-63(92)57(77-6)39-46-27-31-50(89)32-28-46)64(93)80-56(23-10-13-34-74)67(96)84-36-16-24-60(84)69(98)85(70(99)71(5,83-44(4)88)52-21-15-18-47-17-7-8-20-51(47)52)43(3)65(94)86(66(95)54(76)38-45-25-29-48(72)30-26-45)68(97)59(41-87)82-61(90)53(75)40-49-19-11-14-35-78-49/h7-8,11,14-15,17-21,25-32,35,42-43,53-60,77,87,89H,9-10,12-13,16,22-24,33-34,36-41,73-76H2,1-6H3,(H,79,92)(H,80,93)(H,81,91)(H,82,90)(H,83,88)/t43-,53-,54-,55-,56-,57-,58-,59-,60-,71+/m0/s1. The number of unbranched alkanes of at least 4 members (excludes halogenated alkanes) is 2. The van der Waals surface area contributed by atoms with Crippen LogP contribution in [0.2, 0.25) is 5.02 Å². The number of nitrogens with one attached hydrogen (secondary N) is 6. The lowest BCUT2D eigenvalue weighted by Gasteiger charge is -2.40. The Kier molecular flexibility index (Phi) is 30.1. The van der Waals surface area contributed by atoms with E-state index in [1.807, 2.05) is 13.8 Å². The first-order valence-electron chi connectivity index (χ1n) is 33.4. The Morgan fingerprint density at radius 2 is 1.23 bits per heavy atom. The number of hydrogen-bond donors (Lipinski definition) is 12. The van der Waals surface area contributed by atoms with Crippen LogP contribution in [-0.4, -0.2) is 183 Å². The Hall–Kier alpha value is -9.09. The van der Waals surface area contributed by atoms with Crippen molar-refractivity contribution in [2.45, 2.75) is 172 Å². The lowest BCUT2D eigenvalue weighted by atomic mass is 9.85. The van der Waals surface area contributed by atoms with Gasteiger partial charge in [0.15, 0.2) is 0 Å². The Morgan fingerprint density at radius 1 is 0.657 bits per heavy atom. The average Bonchev–Trinajstić information content (AvgIpc) is 1.49. The molecule has 0 aliphatic carbocycles. The van der Waals surface area contributed by atoms with E-state index in [0.717, 1.165) is 24.3 Å². The molecule has 0 bridgehead atoms. The summed E-state index contributed by atoms with van der Waals surface area (Å²) in [6.45, 7) is 6.25. The van der Waals surface area contributed by atoms with E-state index in [1.165, 1.54) is 43.5 Å². The van der Waals surface area contributed by atoms with Crippen molar-refractivity contribution < 1.29 is 63.0 Å². The first kappa shape index (κ1) is 78.9. The van der Waals surface area contributed by atoms with E-state index in [0.29, 0.717) is 57.8 Å². The third-order valence-electron chi connectivity index (χ3n) is 17.4. The van der Waals surface area contributed by atoms with Gasteiger partial charge >= 0.3 is 0 Å². The molecule has 16 N–H and O–H groups in total. The van der Waals surface area contributed by atoms with E-state index in [1.54, 1.807) is 85.9 Å². The average molecular weight is 1390 g/mol. The summed E-state index contributed by atoms with van der Waals surface area (Å²) in [5.74, 6) is -11.7. The monoisotopic (exact) mass is 1390 g/mol. The minimum absolute atomic E-state index is 0.0446. The smallest absolute Gasteiger partial charge is 0.261 e. The van der Waals surface area contributed by atoms with E-state index in [2.05, 4.69) is 36.9 Å². The second kappa shape index (κ2) is 37.8. The molecule has 1 saturated heterocycles. The highest BCUT2D eigenvalue weighted by Gasteiger charge is 2.52. The van der Waals surface area contributed by atoms with Gasteiger partial charge in [0.1, 0.15) is 47.5 Å². The van der Waals surface area contributed by atoms with Crippen molar-refractivity contribution >= 4 is 87.4 Å². The third kappa shape index (κ3) is 21.5. The fourth-order valence-corrected chi connectivity index (χ4v) is 12.2. The molecule has 28 heteroatoms. The van der Waals surface area contributed by atoms with Crippen molar-refractivity contribution in [2.75, 3.05) is 33.3 Å². The summed E-state index contributed by atoms with van der Waals surface area (Å²) in [6, 6.07) is 15.3. The maximum atomic E-state index is 16.3. The molecule has 4 aromatic carbocycles. The number of pyridine rings is 1. The Balaban J connectivity index is 1.41. The van der Waals surface area contributed by atoms with Gasteiger partial charge in [-0.25, -0.2) is 4.90 Å². The molecule has 0 saturated carbocycles. The number of rotatable bonds is 35. The molecule has 0 unspecified atom stereocenters. The number of amides is 11. The normalized spacial score (nSPS) is 15.9. The molecule has 11 amide bonds. The minimum Gasteiger partial charge on any atom is -0.508 e. The van der Waals surface area contributed by atoms with Crippen molar-refractivity contribution in [3.63, 3.8) is 0 Å². The van der Waals surface area contributed by atoms with Crippen LogP contribution in [-0.2, 0) is 77.5 Å². The third-order valence-corrected chi connectivity index (χ3v) is 17.6. The number of aliphatic hydroxyl groups excluding tert-OH is 1. The highest BCUT2D eigenvalue weighted by atomic mass is 35.5. The SMILES string of the molecule is CN[C@@H](Cc1ccc(O)cc1)C(=O)N[C@@H](CCCCN)C(=O)N[C@@H](CC(C)C)C(=O)N[C@@H](CCCCN)C(=O)N1CCC[C@H]1C(=O)N(C(=O)[C@](C)(NC(C)=O)c1cccc2ccccc12)[C@@H](C)C(=O)N(C(=O)[C@H](CO)NC(=O)[C@@H](N)Cc1ccccn1)C(=O)[C@@H](N)Cc1ccc(Cl)cc1. The number of likely N-dealkylation sites (N-methyl/N-ethyl adjacent to an activating group) is 1. The predicted octanol–water partition coefficient (Wildman–Crippen LogP) is 1.77. The Bertz CT molecular complexity index is 3620. The highest BCUT2D eigenvalue weighted by molar-refractivity contribution is 6.30. The van der Waals surface area contributed by atoms with Gasteiger partial charge in [0.05, 0.1) is 24.7 Å². The van der Waals surface area contributed by atoms with Gasteiger partial charge in [0, 0.05) is 36.8 Å². The zero-order valence-electron chi connectivity index (χ0n) is 56.9. The first-order valence-corrected chi connectivity index (χ1v) is 33.8. The van der Waals surface area contributed by atoms with Crippen molar-refractivity contribution in [1.29, 1.82) is 0 Å². The topological polar surface area (TPSA) is 427 Å². The van der Waals surface area contributed by atoms with Crippen molar-refractivity contribution in [3.8, 4) is 5.75 Å². The maximum absolute atomic E-state index is 16.3. The van der Waals surface area contributed by atoms with E-state index >= 15 is 28.8 Å². The largest absolute Gasteiger partial charge is 0.508 e. The number of aliphatic hydroxyl groups is 1. The Morgan fingerprint density at radius 3 is 1.85 bits per heavy atom. The molecule has 1 aromatic heterocycles. The molecule has 534 valence electrons. The number of carbonyl (C=O) groups excluding carboxylic acids is 11. The van der Waals surface area contributed by atoms with Crippen LogP contribution in [0.4, 0.5) is 0 Å². The number of phenolic OH excluding ortho intramolecular Hbond substituents is 1. The molecule has 5 aromatic rings. The molecule has 0 spiro atoms. The summed E-state index contributed by atoms with van der Waals surface area (Å²) in [7, 11) is 1.59. The van der Waals surface area contributed by atoms with Gasteiger partial charge in [-0.2, -0.15) is 0 Å².